The first-order valence-corrected chi connectivity index (χ1v) is 11.7. The van der Waals surface area contributed by atoms with Crippen LogP contribution in [-0.4, -0.2) is 43.1 Å². The van der Waals surface area contributed by atoms with Gasteiger partial charge in [0, 0.05) is 18.8 Å². The Balaban J connectivity index is 1.74. The highest BCUT2D eigenvalue weighted by Crippen LogP contribution is 2.32. The van der Waals surface area contributed by atoms with E-state index in [9.17, 15) is 14.4 Å². The molecule has 1 unspecified atom stereocenters. The molecule has 2 N–H and O–H groups in total. The molecule has 3 aliphatic heterocycles. The van der Waals surface area contributed by atoms with Gasteiger partial charge in [-0.25, -0.2) is 9.78 Å². The quantitative estimate of drug-likeness (QED) is 0.453. The van der Waals surface area contributed by atoms with E-state index in [-0.39, 0.29) is 5.56 Å². The summed E-state index contributed by atoms with van der Waals surface area (Å²) in [4.78, 5) is 42.2. The van der Waals surface area contributed by atoms with Gasteiger partial charge in [0.2, 0.25) is 5.91 Å². The number of thioether (sulfide) groups is 1. The number of rotatable bonds is 5. The lowest BCUT2D eigenvalue weighted by Crippen LogP contribution is -2.42. The fourth-order valence-corrected chi connectivity index (χ4v) is 4.77. The molecule has 0 spiro atoms. The number of carbonyl (C=O) groups excluding carboxylic acids is 2. The van der Waals surface area contributed by atoms with Crippen LogP contribution in [0.5, 0.6) is 0 Å². The number of hydrogen-bond donors (Lipinski definition) is 2. The number of urea groups is 1. The molecule has 1 aromatic carbocycles. The zero-order chi connectivity index (χ0) is 22.7. The van der Waals surface area contributed by atoms with E-state index in [2.05, 4.69) is 20.7 Å². The van der Waals surface area contributed by atoms with Crippen molar-refractivity contribution in [2.45, 2.75) is 56.5 Å². The molecule has 0 radical (unpaired) electrons. The van der Waals surface area contributed by atoms with Crippen LogP contribution in [0.4, 0.5) is 4.79 Å². The third-order valence-electron chi connectivity index (χ3n) is 5.39. The third-order valence-corrected chi connectivity index (χ3v) is 6.48. The van der Waals surface area contributed by atoms with Gasteiger partial charge in [-0.1, -0.05) is 36.4 Å². The topological polar surface area (TPSA) is 111 Å². The van der Waals surface area contributed by atoms with Crippen molar-refractivity contribution in [3.05, 3.63) is 46.4 Å². The molecule has 4 rings (SSSR count). The molecule has 32 heavy (non-hydrogen) atoms. The first-order chi connectivity index (χ1) is 15.5. The summed E-state index contributed by atoms with van der Waals surface area (Å²) in [7, 11) is 0. The minimum atomic E-state index is -0.551. The van der Waals surface area contributed by atoms with E-state index in [0.29, 0.717) is 28.8 Å². The lowest BCUT2D eigenvalue weighted by molar-refractivity contribution is -0.119. The van der Waals surface area contributed by atoms with Crippen molar-refractivity contribution in [2.24, 2.45) is 0 Å². The maximum absolute atomic E-state index is 13.3. The van der Waals surface area contributed by atoms with E-state index in [1.807, 2.05) is 34.9 Å². The molecule has 0 bridgehead atoms. The van der Waals surface area contributed by atoms with Crippen LogP contribution >= 0.6 is 11.8 Å². The predicted octanol–water partition coefficient (Wildman–Crippen LogP) is 2.59. The Morgan fingerprint density at radius 3 is 2.72 bits per heavy atom. The fraction of sp³-hybridized carbons (Fsp3) is 0.409. The van der Waals surface area contributed by atoms with Gasteiger partial charge in [0.25, 0.3) is 5.56 Å². The highest BCUT2D eigenvalue weighted by molar-refractivity contribution is 8.00. The summed E-state index contributed by atoms with van der Waals surface area (Å²) in [5.41, 5.74) is 1.97. The molecule has 0 aliphatic carbocycles. The van der Waals surface area contributed by atoms with E-state index in [4.69, 9.17) is 0 Å². The molecule has 0 saturated heterocycles. The summed E-state index contributed by atoms with van der Waals surface area (Å²) in [6.45, 7) is 4.67. The number of carbonyl (C=O) groups is 2. The molecule has 0 fully saturated rings. The van der Waals surface area contributed by atoms with Gasteiger partial charge in [-0.3, -0.25) is 14.9 Å². The Hall–Kier alpha value is -3.14. The number of fused-ring (bicyclic) bond motifs is 3. The Labute approximate surface area is 189 Å². The van der Waals surface area contributed by atoms with Gasteiger partial charge >= 0.3 is 6.03 Å². The average Bonchev–Trinajstić information content (AvgIpc) is 2.95. The Morgan fingerprint density at radius 2 is 1.97 bits per heavy atom. The number of amides is 3. The smallest absolute Gasteiger partial charge is 0.321 e. The van der Waals surface area contributed by atoms with Crippen LogP contribution < -0.4 is 16.2 Å². The minimum Gasteiger partial charge on any atom is -0.338 e. The van der Waals surface area contributed by atoms with Crippen molar-refractivity contribution < 1.29 is 9.59 Å². The summed E-state index contributed by atoms with van der Waals surface area (Å²) in [5.74, 6) is -0.0176. The lowest BCUT2D eigenvalue weighted by atomic mass is 10.1. The summed E-state index contributed by atoms with van der Waals surface area (Å²) in [5, 5.41) is 9.49. The number of hydrogen-bond acceptors (Lipinski definition) is 6. The van der Waals surface area contributed by atoms with Crippen molar-refractivity contribution in [1.29, 1.82) is 0 Å². The van der Waals surface area contributed by atoms with E-state index < -0.39 is 17.2 Å². The summed E-state index contributed by atoms with van der Waals surface area (Å²) < 4.78 is 3.44. The van der Waals surface area contributed by atoms with E-state index in [1.54, 1.807) is 13.8 Å². The SMILES string of the molecule is CCNC(=O)NC(=O)C(C)Sc1nc2nn(-c3ccccc3)c(=O)c-2c2n1CCCCC2. The first kappa shape index (κ1) is 22.1. The molecule has 0 aromatic heterocycles. The lowest BCUT2D eigenvalue weighted by Gasteiger charge is -2.19. The van der Waals surface area contributed by atoms with E-state index >= 15 is 0 Å². The number of benzene rings is 1. The second kappa shape index (κ2) is 9.56. The zero-order valence-corrected chi connectivity index (χ0v) is 18.9. The predicted molar refractivity (Wildman–Crippen MR) is 122 cm³/mol. The molecule has 3 amide bonds. The van der Waals surface area contributed by atoms with Crippen LogP contribution in [0.2, 0.25) is 0 Å². The Bertz CT molecular complexity index is 1160. The van der Waals surface area contributed by atoms with Gasteiger partial charge in [0.15, 0.2) is 11.0 Å². The number of aromatic nitrogens is 4. The van der Waals surface area contributed by atoms with Crippen LogP contribution in [0.1, 0.15) is 38.8 Å². The van der Waals surface area contributed by atoms with Crippen LogP contribution in [0, 0.1) is 0 Å². The van der Waals surface area contributed by atoms with Crippen molar-refractivity contribution in [3.63, 3.8) is 0 Å². The average molecular weight is 455 g/mol. The molecule has 10 heteroatoms. The third kappa shape index (κ3) is 4.40. The molecule has 9 nitrogen and oxygen atoms in total. The standard InChI is InChI=1S/C22H26N6O3S/c1-3-23-21(31)25-19(29)14(2)32-22-24-18-17(16-12-8-5-9-13-27(16)22)20(30)28(26-18)15-10-6-4-7-11-15/h4,6-7,10-11,14H,3,5,8-9,12-13H2,1-2H3,(H2,23,25,29,31). The molecule has 168 valence electrons. The normalized spacial score (nSPS) is 14.4. The second-order valence-corrected chi connectivity index (χ2v) is 8.97. The minimum absolute atomic E-state index is 0.178. The summed E-state index contributed by atoms with van der Waals surface area (Å²) in [6.07, 6.45) is 3.76. The van der Waals surface area contributed by atoms with Crippen LogP contribution in [0.15, 0.2) is 40.3 Å². The molecule has 1 atom stereocenters. The van der Waals surface area contributed by atoms with Crippen molar-refractivity contribution in [1.82, 2.24) is 30.0 Å². The summed E-state index contributed by atoms with van der Waals surface area (Å²) in [6, 6.07) is 8.77. The van der Waals surface area contributed by atoms with Crippen molar-refractivity contribution >= 4 is 23.7 Å². The van der Waals surface area contributed by atoms with Crippen LogP contribution in [0.25, 0.3) is 17.1 Å². The molecular formula is C22H26N6O3S. The number of nitrogens with one attached hydrogen (secondary N) is 2. The number of nitrogens with zero attached hydrogens (tertiary/aromatic N) is 4. The van der Waals surface area contributed by atoms with Gasteiger partial charge in [0.1, 0.15) is 5.56 Å². The number of imide groups is 1. The van der Waals surface area contributed by atoms with Gasteiger partial charge in [-0.15, -0.1) is 5.10 Å². The second-order valence-electron chi connectivity index (χ2n) is 7.66. The van der Waals surface area contributed by atoms with Gasteiger partial charge < -0.3 is 9.88 Å². The maximum atomic E-state index is 13.3. The van der Waals surface area contributed by atoms with E-state index in [0.717, 1.165) is 37.9 Å². The number of para-hydroxylation sites is 1. The van der Waals surface area contributed by atoms with Gasteiger partial charge in [-0.2, -0.15) is 4.68 Å². The maximum Gasteiger partial charge on any atom is 0.321 e. The monoisotopic (exact) mass is 454 g/mol. The summed E-state index contributed by atoms with van der Waals surface area (Å²) >= 11 is 1.27. The molecule has 3 heterocycles. The van der Waals surface area contributed by atoms with Crippen LogP contribution in [-0.2, 0) is 17.8 Å². The van der Waals surface area contributed by atoms with Gasteiger partial charge in [-0.05, 0) is 45.2 Å². The Kier molecular flexibility index (Phi) is 6.59. The molecular weight excluding hydrogens is 428 g/mol. The first-order valence-electron chi connectivity index (χ1n) is 10.8. The highest BCUT2D eigenvalue weighted by Gasteiger charge is 2.28. The highest BCUT2D eigenvalue weighted by atomic mass is 32.2. The molecule has 3 aliphatic rings. The molecule has 1 aromatic rings. The largest absolute Gasteiger partial charge is 0.338 e. The molecule has 0 saturated carbocycles. The zero-order valence-electron chi connectivity index (χ0n) is 18.1. The van der Waals surface area contributed by atoms with Crippen molar-refractivity contribution in [2.75, 3.05) is 6.54 Å². The Morgan fingerprint density at radius 1 is 1.19 bits per heavy atom. The van der Waals surface area contributed by atoms with Gasteiger partial charge in [0.05, 0.1) is 10.9 Å². The van der Waals surface area contributed by atoms with Crippen LogP contribution in [0.3, 0.4) is 0 Å². The van der Waals surface area contributed by atoms with Crippen molar-refractivity contribution in [3.8, 4) is 17.1 Å². The fourth-order valence-electron chi connectivity index (χ4n) is 3.82. The van der Waals surface area contributed by atoms with E-state index in [1.165, 1.54) is 16.4 Å².